The lowest BCUT2D eigenvalue weighted by atomic mass is 10.2. The fraction of sp³-hybridized carbons (Fsp3) is 0. The number of carbonyl (C=O) groups is 1. The number of benzene rings is 2. The van der Waals surface area contributed by atoms with Gasteiger partial charge in [-0.1, -0.05) is 34.1 Å². The summed E-state index contributed by atoms with van der Waals surface area (Å²) in [5, 5.41) is 10.0. The first kappa shape index (κ1) is 13.6. The van der Waals surface area contributed by atoms with Crippen LogP contribution in [0.2, 0.25) is 0 Å². The van der Waals surface area contributed by atoms with E-state index in [0.717, 1.165) is 10.9 Å². The van der Waals surface area contributed by atoms with Crippen molar-refractivity contribution >= 4 is 32.8 Å². The lowest BCUT2D eigenvalue weighted by Crippen LogP contribution is -1.97. The largest absolute Gasteiger partial charge is 0.478 e. The van der Waals surface area contributed by atoms with Crippen molar-refractivity contribution in [2.75, 3.05) is 0 Å². The van der Waals surface area contributed by atoms with Crippen LogP contribution in [-0.2, 0) is 0 Å². The molecule has 1 heterocycles. The minimum atomic E-state index is -1.00. The van der Waals surface area contributed by atoms with E-state index in [9.17, 15) is 4.79 Å². The number of ether oxygens (including phenoxy) is 1. The van der Waals surface area contributed by atoms with Gasteiger partial charge in [-0.15, -0.1) is 0 Å². The van der Waals surface area contributed by atoms with Crippen molar-refractivity contribution in [2.24, 2.45) is 0 Å². The first-order chi connectivity index (χ1) is 10.1. The van der Waals surface area contributed by atoms with Gasteiger partial charge in [0.1, 0.15) is 11.5 Å². The van der Waals surface area contributed by atoms with Crippen molar-refractivity contribution in [3.8, 4) is 11.5 Å². The van der Waals surface area contributed by atoms with Crippen molar-refractivity contribution in [1.82, 2.24) is 4.98 Å². The Kier molecular flexibility index (Phi) is 3.58. The summed E-state index contributed by atoms with van der Waals surface area (Å²) in [7, 11) is 0. The maximum absolute atomic E-state index is 11.0. The van der Waals surface area contributed by atoms with E-state index in [0.29, 0.717) is 16.0 Å². The highest BCUT2D eigenvalue weighted by Crippen LogP contribution is 2.27. The lowest BCUT2D eigenvalue weighted by Gasteiger charge is -2.08. The van der Waals surface area contributed by atoms with Gasteiger partial charge in [0, 0.05) is 9.86 Å². The minimum absolute atomic E-state index is 0.160. The second-order valence-corrected chi connectivity index (χ2v) is 5.36. The van der Waals surface area contributed by atoms with Gasteiger partial charge < -0.3 is 9.84 Å². The topological polar surface area (TPSA) is 59.4 Å². The first-order valence-electron chi connectivity index (χ1n) is 6.18. The predicted molar refractivity (Wildman–Crippen MR) is 82.9 cm³/mol. The summed E-state index contributed by atoms with van der Waals surface area (Å²) in [4.78, 5) is 15.3. The molecule has 0 aliphatic heterocycles. The quantitative estimate of drug-likeness (QED) is 0.761. The fourth-order valence-corrected chi connectivity index (χ4v) is 2.46. The monoisotopic (exact) mass is 343 g/mol. The highest BCUT2D eigenvalue weighted by molar-refractivity contribution is 9.10. The van der Waals surface area contributed by atoms with Gasteiger partial charge in [-0.2, -0.15) is 0 Å². The standard InChI is InChI=1S/C16H10BrNO3/c17-12-5-11(16(19)20)7-13(8-12)21-14-6-10-3-1-2-4-15(10)18-9-14/h1-9H,(H,19,20). The maximum Gasteiger partial charge on any atom is 0.335 e. The van der Waals surface area contributed by atoms with Gasteiger partial charge in [-0.25, -0.2) is 4.79 Å². The Morgan fingerprint density at radius 1 is 1.10 bits per heavy atom. The van der Waals surface area contributed by atoms with E-state index in [1.165, 1.54) is 12.1 Å². The number of carboxylic acids is 1. The number of hydrogen-bond acceptors (Lipinski definition) is 3. The second kappa shape index (κ2) is 5.54. The third kappa shape index (κ3) is 3.03. The third-order valence-corrected chi connectivity index (χ3v) is 3.38. The molecule has 104 valence electrons. The van der Waals surface area contributed by atoms with Crippen LogP contribution in [0.25, 0.3) is 10.9 Å². The van der Waals surface area contributed by atoms with Gasteiger partial charge in [0.15, 0.2) is 0 Å². The van der Waals surface area contributed by atoms with Crippen LogP contribution in [0.5, 0.6) is 11.5 Å². The minimum Gasteiger partial charge on any atom is -0.478 e. The van der Waals surface area contributed by atoms with E-state index in [-0.39, 0.29) is 5.56 Å². The number of aromatic nitrogens is 1. The average molecular weight is 344 g/mol. The van der Waals surface area contributed by atoms with Crippen LogP contribution >= 0.6 is 15.9 Å². The Balaban J connectivity index is 1.96. The Morgan fingerprint density at radius 3 is 2.71 bits per heavy atom. The number of fused-ring (bicyclic) bond motifs is 1. The van der Waals surface area contributed by atoms with Gasteiger partial charge in [0.25, 0.3) is 0 Å². The lowest BCUT2D eigenvalue weighted by molar-refractivity contribution is 0.0696. The first-order valence-corrected chi connectivity index (χ1v) is 6.98. The summed E-state index contributed by atoms with van der Waals surface area (Å²) >= 11 is 3.28. The van der Waals surface area contributed by atoms with Crippen LogP contribution in [-0.4, -0.2) is 16.1 Å². The number of hydrogen-bond donors (Lipinski definition) is 1. The van der Waals surface area contributed by atoms with Crippen LogP contribution < -0.4 is 4.74 Å². The average Bonchev–Trinajstić information content (AvgIpc) is 2.46. The molecule has 0 unspecified atom stereocenters. The Hall–Kier alpha value is -2.40. The van der Waals surface area contributed by atoms with Crippen LogP contribution in [0, 0.1) is 0 Å². The second-order valence-electron chi connectivity index (χ2n) is 4.45. The van der Waals surface area contributed by atoms with E-state index in [1.54, 1.807) is 12.3 Å². The fourth-order valence-electron chi connectivity index (χ4n) is 1.99. The number of halogens is 1. The maximum atomic E-state index is 11.0. The molecule has 0 fully saturated rings. The molecule has 3 rings (SSSR count). The normalized spacial score (nSPS) is 10.5. The molecular weight excluding hydrogens is 334 g/mol. The van der Waals surface area contributed by atoms with Crippen molar-refractivity contribution < 1.29 is 14.6 Å². The highest BCUT2D eigenvalue weighted by atomic mass is 79.9. The summed E-state index contributed by atoms with van der Waals surface area (Å²) in [5.41, 5.74) is 1.04. The SMILES string of the molecule is O=C(O)c1cc(Br)cc(Oc2cnc3ccccc3c2)c1. The summed E-state index contributed by atoms with van der Waals surface area (Å²) in [5.74, 6) is -0.000202. The van der Waals surface area contributed by atoms with E-state index in [2.05, 4.69) is 20.9 Å². The number of rotatable bonds is 3. The summed E-state index contributed by atoms with van der Waals surface area (Å²) < 4.78 is 6.35. The molecular formula is C16H10BrNO3. The van der Waals surface area contributed by atoms with E-state index in [1.807, 2.05) is 30.3 Å². The molecule has 0 saturated heterocycles. The van der Waals surface area contributed by atoms with Crippen molar-refractivity contribution in [1.29, 1.82) is 0 Å². The molecule has 21 heavy (non-hydrogen) atoms. The Labute approximate surface area is 129 Å². The summed E-state index contributed by atoms with van der Waals surface area (Å²) in [6, 6.07) is 14.3. The highest BCUT2D eigenvalue weighted by Gasteiger charge is 2.08. The van der Waals surface area contributed by atoms with E-state index in [4.69, 9.17) is 9.84 Å². The molecule has 2 aromatic carbocycles. The number of para-hydroxylation sites is 1. The molecule has 0 saturated carbocycles. The molecule has 0 aliphatic carbocycles. The molecule has 4 nitrogen and oxygen atoms in total. The van der Waals surface area contributed by atoms with Crippen molar-refractivity contribution in [2.45, 2.75) is 0 Å². The van der Waals surface area contributed by atoms with Gasteiger partial charge in [0.2, 0.25) is 0 Å². The zero-order chi connectivity index (χ0) is 14.8. The van der Waals surface area contributed by atoms with E-state index < -0.39 is 5.97 Å². The molecule has 3 aromatic rings. The van der Waals surface area contributed by atoms with Gasteiger partial charge in [0.05, 0.1) is 17.3 Å². The van der Waals surface area contributed by atoms with Gasteiger partial charge in [-0.05, 0) is 30.3 Å². The molecule has 5 heteroatoms. The van der Waals surface area contributed by atoms with Crippen LogP contribution in [0.15, 0.2) is 59.2 Å². The third-order valence-electron chi connectivity index (χ3n) is 2.92. The molecule has 1 aromatic heterocycles. The molecule has 0 radical (unpaired) electrons. The number of nitrogens with zero attached hydrogens (tertiary/aromatic N) is 1. The molecule has 0 aliphatic rings. The summed E-state index contributed by atoms with van der Waals surface area (Å²) in [6.07, 6.45) is 1.61. The van der Waals surface area contributed by atoms with Crippen molar-refractivity contribution in [3.63, 3.8) is 0 Å². The zero-order valence-corrected chi connectivity index (χ0v) is 12.4. The van der Waals surface area contributed by atoms with Crippen LogP contribution in [0.4, 0.5) is 0 Å². The summed E-state index contributed by atoms with van der Waals surface area (Å²) in [6.45, 7) is 0. The number of pyridine rings is 1. The Morgan fingerprint density at radius 2 is 1.90 bits per heavy atom. The van der Waals surface area contributed by atoms with Crippen LogP contribution in [0.3, 0.4) is 0 Å². The van der Waals surface area contributed by atoms with E-state index >= 15 is 0 Å². The van der Waals surface area contributed by atoms with Crippen LogP contribution in [0.1, 0.15) is 10.4 Å². The number of aromatic carboxylic acids is 1. The molecule has 1 N–H and O–H groups in total. The molecule has 0 amide bonds. The van der Waals surface area contributed by atoms with Crippen molar-refractivity contribution in [3.05, 3.63) is 64.8 Å². The van der Waals surface area contributed by atoms with Gasteiger partial charge >= 0.3 is 5.97 Å². The zero-order valence-electron chi connectivity index (χ0n) is 10.8. The molecule has 0 bridgehead atoms. The molecule has 0 spiro atoms. The predicted octanol–water partition coefficient (Wildman–Crippen LogP) is 4.49. The number of carboxylic acid groups (broad SMARTS) is 1. The Bertz CT molecular complexity index is 833. The van der Waals surface area contributed by atoms with Gasteiger partial charge in [-0.3, -0.25) is 4.98 Å². The smallest absolute Gasteiger partial charge is 0.335 e. The molecule has 0 atom stereocenters.